The zero-order valence-electron chi connectivity index (χ0n) is 12.2. The van der Waals surface area contributed by atoms with Gasteiger partial charge in [0.15, 0.2) is 0 Å². The van der Waals surface area contributed by atoms with Crippen molar-refractivity contribution < 1.29 is 5.11 Å². The smallest absolute Gasteiger partial charge is 0.0613 e. The molecule has 0 spiro atoms. The van der Waals surface area contributed by atoms with Crippen LogP contribution in [-0.4, -0.2) is 17.3 Å². The highest BCUT2D eigenvalue weighted by Crippen LogP contribution is 2.28. The molecule has 0 saturated carbocycles. The van der Waals surface area contributed by atoms with Gasteiger partial charge < -0.3 is 10.4 Å². The Morgan fingerprint density at radius 1 is 1.05 bits per heavy atom. The number of benzene rings is 1. The first-order valence-corrected chi connectivity index (χ1v) is 8.04. The third-order valence-corrected chi connectivity index (χ3v) is 5.15. The minimum atomic E-state index is -0.142. The second-order valence-electron chi connectivity index (χ2n) is 5.13. The fraction of sp³-hybridized carbons (Fsp3) is 0.412. The van der Waals surface area contributed by atoms with Gasteiger partial charge in [-0.3, -0.25) is 0 Å². The molecule has 2 nitrogen and oxygen atoms in total. The molecule has 0 saturated heterocycles. The summed E-state index contributed by atoms with van der Waals surface area (Å²) in [5.41, 5.74) is 1.12. The van der Waals surface area contributed by atoms with Crippen LogP contribution in [-0.2, 0) is 6.54 Å². The summed E-state index contributed by atoms with van der Waals surface area (Å²) < 4.78 is 0. The van der Waals surface area contributed by atoms with Crippen LogP contribution in [0.2, 0.25) is 0 Å². The van der Waals surface area contributed by atoms with E-state index >= 15 is 0 Å². The number of aliphatic hydroxyl groups excluding tert-OH is 1. The summed E-state index contributed by atoms with van der Waals surface area (Å²) in [5, 5.41) is 13.1. The lowest BCUT2D eigenvalue weighted by atomic mass is 9.94. The van der Waals surface area contributed by atoms with Crippen molar-refractivity contribution in [1.82, 2.24) is 5.32 Å². The molecule has 3 heteroatoms. The zero-order valence-corrected chi connectivity index (χ0v) is 13.0. The van der Waals surface area contributed by atoms with Crippen molar-refractivity contribution in [2.24, 2.45) is 0 Å². The Labute approximate surface area is 125 Å². The van der Waals surface area contributed by atoms with Crippen LogP contribution < -0.4 is 5.32 Å². The summed E-state index contributed by atoms with van der Waals surface area (Å²) in [6.45, 7) is 5.25. The Morgan fingerprint density at radius 3 is 2.35 bits per heavy atom. The molecule has 1 heterocycles. The average Bonchev–Trinajstić information content (AvgIpc) is 2.99. The van der Waals surface area contributed by atoms with Gasteiger partial charge in [-0.15, -0.1) is 11.3 Å². The van der Waals surface area contributed by atoms with Crippen molar-refractivity contribution in [2.75, 3.05) is 6.61 Å². The molecule has 2 N–H and O–H groups in total. The number of rotatable bonds is 7. The first kappa shape index (κ1) is 15.2. The van der Waals surface area contributed by atoms with Crippen LogP contribution in [0.1, 0.15) is 31.6 Å². The minimum Gasteiger partial charge on any atom is -0.394 e. The Hall–Kier alpha value is -1.16. The van der Waals surface area contributed by atoms with Gasteiger partial charge in [-0.05, 0) is 30.5 Å². The van der Waals surface area contributed by atoms with E-state index in [9.17, 15) is 5.11 Å². The molecule has 0 atom stereocenters. The number of hydrogen-bond acceptors (Lipinski definition) is 3. The molecule has 0 amide bonds. The van der Waals surface area contributed by atoms with Gasteiger partial charge in [0, 0.05) is 21.8 Å². The van der Waals surface area contributed by atoms with Crippen LogP contribution in [0.5, 0.6) is 0 Å². The predicted molar refractivity (Wildman–Crippen MR) is 87.0 cm³/mol. The van der Waals surface area contributed by atoms with E-state index in [4.69, 9.17) is 0 Å². The Kier molecular flexibility index (Phi) is 5.35. The predicted octanol–water partition coefficient (Wildman–Crippen LogP) is 4.06. The molecule has 1 aromatic heterocycles. The summed E-state index contributed by atoms with van der Waals surface area (Å²) in [6.07, 6.45) is 1.88. The highest BCUT2D eigenvalue weighted by Gasteiger charge is 2.24. The second-order valence-corrected chi connectivity index (χ2v) is 6.30. The SMILES string of the molecule is CCC(CC)(CO)NCc1ccc(-c2ccccc2)s1. The first-order chi connectivity index (χ1) is 9.73. The third-order valence-electron chi connectivity index (χ3n) is 4.01. The van der Waals surface area contributed by atoms with Crippen LogP contribution in [0.3, 0.4) is 0 Å². The summed E-state index contributed by atoms with van der Waals surface area (Å²) in [4.78, 5) is 2.61. The van der Waals surface area contributed by atoms with Crippen molar-refractivity contribution in [3.8, 4) is 10.4 Å². The maximum atomic E-state index is 9.58. The monoisotopic (exact) mass is 289 g/mol. The fourth-order valence-corrected chi connectivity index (χ4v) is 3.24. The lowest BCUT2D eigenvalue weighted by Gasteiger charge is -2.30. The zero-order chi connectivity index (χ0) is 14.4. The quantitative estimate of drug-likeness (QED) is 0.806. The highest BCUT2D eigenvalue weighted by atomic mass is 32.1. The number of thiophene rings is 1. The summed E-state index contributed by atoms with van der Waals surface area (Å²) in [5.74, 6) is 0. The van der Waals surface area contributed by atoms with Gasteiger partial charge in [-0.25, -0.2) is 0 Å². The molecule has 108 valence electrons. The normalized spacial score (nSPS) is 11.8. The average molecular weight is 289 g/mol. The number of nitrogens with one attached hydrogen (secondary N) is 1. The standard InChI is InChI=1S/C17H23NOS/c1-3-17(4-2,13-19)18-12-15-10-11-16(20-15)14-8-6-5-7-9-14/h5-11,18-19H,3-4,12-13H2,1-2H3. The molecule has 1 aromatic carbocycles. The maximum absolute atomic E-state index is 9.58. The molecular formula is C17H23NOS. The fourth-order valence-electron chi connectivity index (χ4n) is 2.28. The van der Waals surface area contributed by atoms with Crippen molar-refractivity contribution in [2.45, 2.75) is 38.8 Å². The van der Waals surface area contributed by atoms with E-state index in [1.54, 1.807) is 0 Å². The van der Waals surface area contributed by atoms with Crippen molar-refractivity contribution in [1.29, 1.82) is 0 Å². The van der Waals surface area contributed by atoms with Gasteiger partial charge in [-0.1, -0.05) is 44.2 Å². The van der Waals surface area contributed by atoms with Crippen LogP contribution in [0.25, 0.3) is 10.4 Å². The molecular weight excluding hydrogens is 266 g/mol. The Bertz CT molecular complexity index is 509. The van der Waals surface area contributed by atoms with Crippen LogP contribution >= 0.6 is 11.3 Å². The molecule has 2 rings (SSSR count). The van der Waals surface area contributed by atoms with Crippen molar-refractivity contribution in [3.05, 3.63) is 47.3 Å². The highest BCUT2D eigenvalue weighted by molar-refractivity contribution is 7.15. The van der Waals surface area contributed by atoms with Crippen molar-refractivity contribution >= 4 is 11.3 Å². The lowest BCUT2D eigenvalue weighted by Crippen LogP contribution is -2.46. The summed E-state index contributed by atoms with van der Waals surface area (Å²) in [7, 11) is 0. The van der Waals surface area contributed by atoms with E-state index in [0.717, 1.165) is 19.4 Å². The molecule has 0 aliphatic heterocycles. The first-order valence-electron chi connectivity index (χ1n) is 7.23. The topological polar surface area (TPSA) is 32.3 Å². The van der Waals surface area contributed by atoms with Crippen LogP contribution in [0.4, 0.5) is 0 Å². The second kappa shape index (κ2) is 7.02. The lowest BCUT2D eigenvalue weighted by molar-refractivity contribution is 0.150. The third kappa shape index (κ3) is 3.48. The van der Waals surface area contributed by atoms with E-state index in [1.165, 1.54) is 15.3 Å². The van der Waals surface area contributed by atoms with E-state index < -0.39 is 0 Å². The minimum absolute atomic E-state index is 0.142. The Balaban J connectivity index is 2.03. The number of hydrogen-bond donors (Lipinski definition) is 2. The van der Waals surface area contributed by atoms with Crippen LogP contribution in [0, 0.1) is 0 Å². The van der Waals surface area contributed by atoms with E-state index in [2.05, 4.69) is 55.6 Å². The summed E-state index contributed by atoms with van der Waals surface area (Å²) in [6, 6.07) is 14.8. The van der Waals surface area contributed by atoms with E-state index in [0.29, 0.717) is 0 Å². The van der Waals surface area contributed by atoms with Gasteiger partial charge in [0.1, 0.15) is 0 Å². The molecule has 0 unspecified atom stereocenters. The van der Waals surface area contributed by atoms with Gasteiger partial charge >= 0.3 is 0 Å². The molecule has 2 aromatic rings. The molecule has 0 radical (unpaired) electrons. The molecule has 0 aliphatic rings. The summed E-state index contributed by atoms with van der Waals surface area (Å²) >= 11 is 1.81. The van der Waals surface area contributed by atoms with Gasteiger partial charge in [0.05, 0.1) is 6.61 Å². The Morgan fingerprint density at radius 2 is 1.75 bits per heavy atom. The molecule has 0 fully saturated rings. The van der Waals surface area contributed by atoms with Gasteiger partial charge in [0.25, 0.3) is 0 Å². The van der Waals surface area contributed by atoms with Gasteiger partial charge in [0.2, 0.25) is 0 Å². The van der Waals surface area contributed by atoms with Gasteiger partial charge in [-0.2, -0.15) is 0 Å². The largest absolute Gasteiger partial charge is 0.394 e. The van der Waals surface area contributed by atoms with Crippen molar-refractivity contribution in [3.63, 3.8) is 0 Å². The van der Waals surface area contributed by atoms with E-state index in [-0.39, 0.29) is 12.1 Å². The molecule has 20 heavy (non-hydrogen) atoms. The number of aliphatic hydroxyl groups is 1. The maximum Gasteiger partial charge on any atom is 0.0613 e. The molecule has 0 bridgehead atoms. The van der Waals surface area contributed by atoms with E-state index in [1.807, 2.05) is 17.4 Å². The molecule has 0 aliphatic carbocycles. The van der Waals surface area contributed by atoms with Crippen LogP contribution in [0.15, 0.2) is 42.5 Å².